The lowest BCUT2D eigenvalue weighted by Gasteiger charge is -2.42. The molecule has 2 saturated heterocycles. The summed E-state index contributed by atoms with van der Waals surface area (Å²) in [6.45, 7) is 1.75. The van der Waals surface area contributed by atoms with Crippen LogP contribution in [-0.2, 0) is 15.5 Å². The number of ether oxygens (including phenoxy) is 2. The van der Waals surface area contributed by atoms with Crippen LogP contribution in [0.4, 0.5) is 14.6 Å². The van der Waals surface area contributed by atoms with E-state index in [2.05, 4.69) is 27.9 Å². The van der Waals surface area contributed by atoms with Gasteiger partial charge < -0.3 is 19.3 Å². The fraction of sp³-hybridized carbons (Fsp3) is 0.478. The molecular weight excluding hydrogens is 432 g/mol. The Balaban J connectivity index is 1.35. The van der Waals surface area contributed by atoms with E-state index in [1.54, 1.807) is 17.2 Å². The van der Waals surface area contributed by atoms with E-state index >= 15 is 0 Å². The normalized spacial score (nSPS) is 22.2. The molecule has 10 heteroatoms. The van der Waals surface area contributed by atoms with Crippen molar-refractivity contribution in [3.05, 3.63) is 47.8 Å². The van der Waals surface area contributed by atoms with Crippen molar-refractivity contribution in [3.63, 3.8) is 0 Å². The van der Waals surface area contributed by atoms with Gasteiger partial charge in [-0.05, 0) is 30.5 Å². The minimum absolute atomic E-state index is 0.0684. The summed E-state index contributed by atoms with van der Waals surface area (Å²) < 4.78 is 39.0. The van der Waals surface area contributed by atoms with Crippen LogP contribution in [0.1, 0.15) is 24.5 Å². The number of pyridine rings is 2. The van der Waals surface area contributed by atoms with Crippen molar-refractivity contribution in [1.82, 2.24) is 14.9 Å². The second kappa shape index (κ2) is 9.27. The molecule has 0 saturated carbocycles. The highest BCUT2D eigenvalue weighted by molar-refractivity contribution is 5.78. The molecule has 3 atom stereocenters. The molecule has 2 fully saturated rings. The summed E-state index contributed by atoms with van der Waals surface area (Å²) in [5.41, 5.74) is 0.212. The molecule has 0 spiro atoms. The Kier molecular flexibility index (Phi) is 6.42. The summed E-state index contributed by atoms with van der Waals surface area (Å²) in [6, 6.07) is 8.12. The molecule has 8 nitrogen and oxygen atoms in total. The second-order valence-corrected chi connectivity index (χ2v) is 8.44. The summed E-state index contributed by atoms with van der Waals surface area (Å²) in [5, 5.41) is 8.99. The Hall–Kier alpha value is -3.32. The van der Waals surface area contributed by atoms with Gasteiger partial charge in [-0.3, -0.25) is 4.79 Å². The van der Waals surface area contributed by atoms with Crippen molar-refractivity contribution < 1.29 is 23.0 Å². The van der Waals surface area contributed by atoms with Crippen LogP contribution >= 0.6 is 0 Å². The standard InChI is InChI=1S/C23H25F2N5O3/c1-15-7-18-11-29(12-19(15)30(18)20-4-3-16(9-26)10-28-20)22(31)13-33-14-23(24,25)17-5-6-27-21(8-17)32-2/h3-6,8,10,15,18-19H,7,11-14H2,1-2H3/t15-,18?,19?/m0/s1. The van der Waals surface area contributed by atoms with Gasteiger partial charge in [0.25, 0.3) is 5.92 Å². The molecular formula is C23H25F2N5O3. The number of hydrogen-bond acceptors (Lipinski definition) is 7. The first-order valence-electron chi connectivity index (χ1n) is 10.7. The smallest absolute Gasteiger partial charge is 0.296 e. The number of aromatic nitrogens is 2. The van der Waals surface area contributed by atoms with Gasteiger partial charge in [0.2, 0.25) is 11.8 Å². The minimum Gasteiger partial charge on any atom is -0.481 e. The Morgan fingerprint density at radius 3 is 2.79 bits per heavy atom. The number of halogens is 2. The minimum atomic E-state index is -3.27. The molecule has 4 heterocycles. The Labute approximate surface area is 190 Å². The fourth-order valence-corrected chi connectivity index (χ4v) is 4.59. The number of nitriles is 1. The molecule has 2 unspecified atom stereocenters. The van der Waals surface area contributed by atoms with Gasteiger partial charge in [0.05, 0.1) is 18.7 Å². The van der Waals surface area contributed by atoms with Crippen molar-refractivity contribution in [2.24, 2.45) is 5.92 Å². The SMILES string of the molecule is COc1cc(C(F)(F)COCC(=O)N2CC3C[C@H](C)C(C2)N3c2ccc(C#N)cn2)ccn1. The van der Waals surface area contributed by atoms with Gasteiger partial charge in [0, 0.05) is 43.2 Å². The van der Waals surface area contributed by atoms with Crippen LogP contribution in [0.5, 0.6) is 5.88 Å². The largest absolute Gasteiger partial charge is 0.481 e. The zero-order chi connectivity index (χ0) is 23.6. The molecule has 2 aromatic rings. The van der Waals surface area contributed by atoms with Gasteiger partial charge in [0.1, 0.15) is 25.1 Å². The predicted octanol–water partition coefficient (Wildman–Crippen LogP) is 2.59. The maximum absolute atomic E-state index is 14.5. The third-order valence-corrected chi connectivity index (χ3v) is 6.26. The lowest BCUT2D eigenvalue weighted by atomic mass is 10.0. The van der Waals surface area contributed by atoms with Crippen molar-refractivity contribution in [2.75, 3.05) is 38.3 Å². The number of hydrogen-bond donors (Lipinski definition) is 0. The number of fused-ring (bicyclic) bond motifs is 2. The fourth-order valence-electron chi connectivity index (χ4n) is 4.59. The number of carbonyl (C=O) groups is 1. The highest BCUT2D eigenvalue weighted by atomic mass is 19.3. The molecule has 0 N–H and O–H groups in total. The van der Waals surface area contributed by atoms with Gasteiger partial charge in [-0.2, -0.15) is 14.0 Å². The predicted molar refractivity (Wildman–Crippen MR) is 115 cm³/mol. The maximum atomic E-state index is 14.5. The average Bonchev–Trinajstić information content (AvgIpc) is 3.02. The van der Waals surface area contributed by atoms with Crippen LogP contribution in [0.2, 0.25) is 0 Å². The number of amides is 1. The second-order valence-electron chi connectivity index (χ2n) is 8.44. The molecule has 33 heavy (non-hydrogen) atoms. The average molecular weight is 457 g/mol. The first-order valence-corrected chi connectivity index (χ1v) is 10.7. The van der Waals surface area contributed by atoms with Crippen LogP contribution < -0.4 is 9.64 Å². The van der Waals surface area contributed by atoms with E-state index in [0.717, 1.165) is 18.3 Å². The van der Waals surface area contributed by atoms with Crippen LogP contribution in [0, 0.1) is 17.2 Å². The molecule has 2 bridgehead atoms. The monoisotopic (exact) mass is 457 g/mol. The maximum Gasteiger partial charge on any atom is 0.296 e. The molecule has 0 aromatic carbocycles. The summed E-state index contributed by atoms with van der Waals surface area (Å²) in [5.74, 6) is -2.37. The molecule has 2 aliphatic rings. The molecule has 0 aliphatic carbocycles. The van der Waals surface area contributed by atoms with Crippen LogP contribution in [0.15, 0.2) is 36.7 Å². The van der Waals surface area contributed by atoms with Gasteiger partial charge in [-0.15, -0.1) is 0 Å². The number of likely N-dealkylation sites (tertiary alicyclic amines) is 1. The summed E-state index contributed by atoms with van der Waals surface area (Å²) in [6.07, 6.45) is 3.69. The molecule has 1 amide bonds. The van der Waals surface area contributed by atoms with Crippen molar-refractivity contribution >= 4 is 11.7 Å². The summed E-state index contributed by atoms with van der Waals surface area (Å²) in [7, 11) is 1.35. The first kappa shape index (κ1) is 22.9. The number of methoxy groups -OCH3 is 1. The van der Waals surface area contributed by atoms with E-state index < -0.39 is 19.1 Å². The molecule has 2 aliphatic heterocycles. The molecule has 4 rings (SSSR count). The van der Waals surface area contributed by atoms with Gasteiger partial charge in [0.15, 0.2) is 0 Å². The van der Waals surface area contributed by atoms with Gasteiger partial charge in [-0.1, -0.05) is 6.92 Å². The van der Waals surface area contributed by atoms with Crippen LogP contribution in [0.25, 0.3) is 0 Å². The quantitative estimate of drug-likeness (QED) is 0.631. The highest BCUT2D eigenvalue weighted by Crippen LogP contribution is 2.37. The topological polar surface area (TPSA) is 91.6 Å². The highest BCUT2D eigenvalue weighted by Gasteiger charge is 2.46. The third-order valence-electron chi connectivity index (χ3n) is 6.26. The van der Waals surface area contributed by atoms with Crippen LogP contribution in [-0.4, -0.2) is 66.3 Å². The third kappa shape index (κ3) is 4.73. The molecule has 174 valence electrons. The number of rotatable bonds is 7. The first-order chi connectivity index (χ1) is 15.8. The van der Waals surface area contributed by atoms with Gasteiger partial charge >= 0.3 is 0 Å². The lowest BCUT2D eigenvalue weighted by molar-refractivity contribution is -0.142. The van der Waals surface area contributed by atoms with Gasteiger partial charge in [-0.25, -0.2) is 9.97 Å². The van der Waals surface area contributed by atoms with Crippen LogP contribution in [0.3, 0.4) is 0 Å². The molecule has 0 radical (unpaired) electrons. The zero-order valence-electron chi connectivity index (χ0n) is 18.4. The van der Waals surface area contributed by atoms with Crippen molar-refractivity contribution in [1.29, 1.82) is 5.26 Å². The van der Waals surface area contributed by atoms with E-state index in [0.29, 0.717) is 24.6 Å². The van der Waals surface area contributed by atoms with E-state index in [-0.39, 0.29) is 29.4 Å². The Morgan fingerprint density at radius 2 is 2.12 bits per heavy atom. The number of piperazine rings is 1. The summed E-state index contributed by atoms with van der Waals surface area (Å²) >= 11 is 0. The van der Waals surface area contributed by atoms with E-state index in [4.69, 9.17) is 14.7 Å². The van der Waals surface area contributed by atoms with Crippen molar-refractivity contribution in [2.45, 2.75) is 31.4 Å². The van der Waals surface area contributed by atoms with E-state index in [1.165, 1.54) is 19.4 Å². The Morgan fingerprint density at radius 1 is 1.30 bits per heavy atom. The summed E-state index contributed by atoms with van der Waals surface area (Å²) in [4.78, 5) is 24.9. The number of carbonyl (C=O) groups excluding carboxylic acids is 1. The van der Waals surface area contributed by atoms with Crippen molar-refractivity contribution in [3.8, 4) is 11.9 Å². The zero-order valence-corrected chi connectivity index (χ0v) is 18.4. The number of nitrogens with zero attached hydrogens (tertiary/aromatic N) is 5. The number of anilines is 1. The number of alkyl halides is 2. The van der Waals surface area contributed by atoms with E-state index in [9.17, 15) is 13.6 Å². The lowest BCUT2D eigenvalue weighted by Crippen LogP contribution is -2.57. The Bertz CT molecular complexity index is 1040. The van der Waals surface area contributed by atoms with E-state index in [1.807, 2.05) is 6.07 Å². The molecule has 2 aromatic heterocycles.